The zero-order chi connectivity index (χ0) is 22.5. The molecule has 2 heterocycles. The fraction of sp³-hybridized carbons (Fsp3) is 0.250. The minimum Gasteiger partial charge on any atom is -0.462 e. The Hall–Kier alpha value is -3.29. The number of amides is 1. The molecule has 0 spiro atoms. The Kier molecular flexibility index (Phi) is 6.78. The molecule has 0 bridgehead atoms. The van der Waals surface area contributed by atoms with Gasteiger partial charge in [-0.2, -0.15) is 0 Å². The van der Waals surface area contributed by atoms with Crippen molar-refractivity contribution < 1.29 is 23.5 Å². The Morgan fingerprint density at radius 1 is 1.06 bits per heavy atom. The van der Waals surface area contributed by atoms with E-state index >= 15 is 0 Å². The number of esters is 1. The fourth-order valence-electron chi connectivity index (χ4n) is 3.47. The van der Waals surface area contributed by atoms with Gasteiger partial charge in [-0.05, 0) is 61.5 Å². The second-order valence-corrected chi connectivity index (χ2v) is 7.61. The quantitative estimate of drug-likeness (QED) is 0.535. The highest BCUT2D eigenvalue weighted by molar-refractivity contribution is 6.30. The first-order chi connectivity index (χ1) is 15.5. The number of anilines is 2. The van der Waals surface area contributed by atoms with Gasteiger partial charge in [0, 0.05) is 23.7 Å². The lowest BCUT2D eigenvalue weighted by molar-refractivity contribution is 0.0526. The molecule has 0 radical (unpaired) electrons. The molecule has 7 nitrogen and oxygen atoms in total. The monoisotopic (exact) mass is 454 g/mol. The third-order valence-electron chi connectivity index (χ3n) is 5.07. The highest BCUT2D eigenvalue weighted by atomic mass is 35.5. The minimum absolute atomic E-state index is 0.157. The van der Waals surface area contributed by atoms with E-state index in [0.29, 0.717) is 48.3 Å². The summed E-state index contributed by atoms with van der Waals surface area (Å²) in [5.74, 6) is -0.148. The summed E-state index contributed by atoms with van der Waals surface area (Å²) in [6.07, 6.45) is 0. The van der Waals surface area contributed by atoms with E-state index in [1.54, 1.807) is 43.3 Å². The first kappa shape index (κ1) is 21.9. The molecule has 1 aliphatic rings. The van der Waals surface area contributed by atoms with Crippen molar-refractivity contribution in [2.45, 2.75) is 6.92 Å². The van der Waals surface area contributed by atoms with E-state index in [0.717, 1.165) is 11.3 Å². The number of morpholine rings is 1. The number of ether oxygens (including phenoxy) is 2. The third-order valence-corrected chi connectivity index (χ3v) is 5.32. The van der Waals surface area contributed by atoms with Crippen LogP contribution in [0.2, 0.25) is 5.02 Å². The predicted molar refractivity (Wildman–Crippen MR) is 123 cm³/mol. The van der Waals surface area contributed by atoms with Crippen molar-refractivity contribution in [1.29, 1.82) is 0 Å². The Morgan fingerprint density at radius 2 is 1.81 bits per heavy atom. The standard InChI is InChI=1S/C24H23ClN2O5/c1-2-31-24(29)17-5-8-20(27-11-13-30-14-12-27)19(15-17)26-23(28)22-10-9-21(32-22)16-3-6-18(25)7-4-16/h3-10,15H,2,11-14H2,1H3,(H,26,28). The van der Waals surface area contributed by atoms with Crippen LogP contribution in [-0.2, 0) is 9.47 Å². The lowest BCUT2D eigenvalue weighted by Gasteiger charge is -2.30. The molecule has 2 aromatic carbocycles. The Balaban J connectivity index is 1.60. The van der Waals surface area contributed by atoms with Crippen LogP contribution in [0.1, 0.15) is 27.8 Å². The van der Waals surface area contributed by atoms with Crippen molar-refractivity contribution in [3.05, 3.63) is 70.9 Å². The van der Waals surface area contributed by atoms with Crippen molar-refractivity contribution >= 4 is 34.9 Å². The normalized spacial score (nSPS) is 13.6. The van der Waals surface area contributed by atoms with Gasteiger partial charge in [-0.25, -0.2) is 4.79 Å². The van der Waals surface area contributed by atoms with Crippen LogP contribution < -0.4 is 10.2 Å². The van der Waals surface area contributed by atoms with Gasteiger partial charge >= 0.3 is 5.97 Å². The van der Waals surface area contributed by atoms with E-state index in [9.17, 15) is 9.59 Å². The lowest BCUT2D eigenvalue weighted by Crippen LogP contribution is -2.36. The average Bonchev–Trinajstić information content (AvgIpc) is 3.31. The van der Waals surface area contributed by atoms with Crippen LogP contribution in [0.3, 0.4) is 0 Å². The molecule has 32 heavy (non-hydrogen) atoms. The molecule has 1 fully saturated rings. The fourth-order valence-corrected chi connectivity index (χ4v) is 3.60. The van der Waals surface area contributed by atoms with Crippen molar-refractivity contribution in [3.8, 4) is 11.3 Å². The molecule has 0 atom stereocenters. The molecule has 1 N–H and O–H groups in total. The van der Waals surface area contributed by atoms with E-state index in [4.69, 9.17) is 25.5 Å². The number of rotatable bonds is 6. The first-order valence-electron chi connectivity index (χ1n) is 10.4. The van der Waals surface area contributed by atoms with Crippen LogP contribution in [0, 0.1) is 0 Å². The van der Waals surface area contributed by atoms with E-state index in [1.807, 2.05) is 18.2 Å². The summed E-state index contributed by atoms with van der Waals surface area (Å²) in [4.78, 5) is 27.3. The number of carbonyl (C=O) groups excluding carboxylic acids is 2. The summed E-state index contributed by atoms with van der Waals surface area (Å²) in [6, 6.07) is 15.6. The van der Waals surface area contributed by atoms with Crippen molar-refractivity contribution in [2.75, 3.05) is 43.1 Å². The predicted octanol–water partition coefficient (Wildman–Crippen LogP) is 4.87. The molecule has 8 heteroatoms. The number of nitrogens with zero attached hydrogens (tertiary/aromatic N) is 1. The zero-order valence-corrected chi connectivity index (χ0v) is 18.4. The van der Waals surface area contributed by atoms with Crippen molar-refractivity contribution in [2.24, 2.45) is 0 Å². The topological polar surface area (TPSA) is 81.0 Å². The van der Waals surface area contributed by atoms with Crippen LogP contribution in [-0.4, -0.2) is 44.8 Å². The average molecular weight is 455 g/mol. The number of hydrogen-bond acceptors (Lipinski definition) is 6. The smallest absolute Gasteiger partial charge is 0.338 e. The molecular formula is C24H23ClN2O5. The molecule has 1 aliphatic heterocycles. The van der Waals surface area contributed by atoms with Crippen molar-refractivity contribution in [1.82, 2.24) is 0 Å². The van der Waals surface area contributed by atoms with Gasteiger partial charge in [0.25, 0.3) is 5.91 Å². The van der Waals surface area contributed by atoms with Crippen LogP contribution in [0.25, 0.3) is 11.3 Å². The summed E-state index contributed by atoms with van der Waals surface area (Å²) in [7, 11) is 0. The largest absolute Gasteiger partial charge is 0.462 e. The molecule has 0 unspecified atom stereocenters. The van der Waals surface area contributed by atoms with E-state index in [-0.39, 0.29) is 12.4 Å². The second kappa shape index (κ2) is 9.89. The number of benzene rings is 2. The van der Waals surface area contributed by atoms with E-state index in [2.05, 4.69) is 10.2 Å². The molecule has 166 valence electrons. The summed E-state index contributed by atoms with van der Waals surface area (Å²) >= 11 is 5.94. The summed E-state index contributed by atoms with van der Waals surface area (Å²) < 4.78 is 16.3. The third kappa shape index (κ3) is 4.95. The number of hydrogen-bond donors (Lipinski definition) is 1. The van der Waals surface area contributed by atoms with Gasteiger partial charge in [0.1, 0.15) is 5.76 Å². The Morgan fingerprint density at radius 3 is 2.53 bits per heavy atom. The van der Waals surface area contributed by atoms with E-state index in [1.165, 1.54) is 0 Å². The first-order valence-corrected chi connectivity index (χ1v) is 10.7. The molecule has 0 aliphatic carbocycles. The van der Waals surface area contributed by atoms with Crippen LogP contribution in [0.4, 0.5) is 11.4 Å². The SMILES string of the molecule is CCOC(=O)c1ccc(N2CCOCC2)c(NC(=O)c2ccc(-c3ccc(Cl)cc3)o2)c1. The van der Waals surface area contributed by atoms with Gasteiger partial charge in [-0.15, -0.1) is 0 Å². The molecule has 4 rings (SSSR count). The maximum Gasteiger partial charge on any atom is 0.338 e. The van der Waals surface area contributed by atoms with Crippen LogP contribution in [0.5, 0.6) is 0 Å². The number of carbonyl (C=O) groups is 2. The zero-order valence-electron chi connectivity index (χ0n) is 17.6. The summed E-state index contributed by atoms with van der Waals surface area (Å²) in [5, 5.41) is 3.51. The Bertz CT molecular complexity index is 1100. The number of nitrogens with one attached hydrogen (secondary N) is 1. The van der Waals surface area contributed by atoms with Crippen molar-refractivity contribution in [3.63, 3.8) is 0 Å². The number of furan rings is 1. The highest BCUT2D eigenvalue weighted by Crippen LogP contribution is 2.30. The molecular weight excluding hydrogens is 432 g/mol. The van der Waals surface area contributed by atoms with Gasteiger partial charge in [-0.3, -0.25) is 4.79 Å². The van der Waals surface area contributed by atoms with Gasteiger partial charge < -0.3 is 24.1 Å². The van der Waals surface area contributed by atoms with Gasteiger partial charge in [0.2, 0.25) is 0 Å². The van der Waals surface area contributed by atoms with Crippen LogP contribution in [0.15, 0.2) is 59.0 Å². The molecule has 1 aromatic heterocycles. The molecule has 1 amide bonds. The second-order valence-electron chi connectivity index (χ2n) is 7.18. The molecule has 1 saturated heterocycles. The van der Waals surface area contributed by atoms with E-state index < -0.39 is 11.9 Å². The van der Waals surface area contributed by atoms with Crippen LogP contribution >= 0.6 is 11.6 Å². The van der Waals surface area contributed by atoms with Gasteiger partial charge in [0.05, 0.1) is 36.8 Å². The highest BCUT2D eigenvalue weighted by Gasteiger charge is 2.20. The van der Waals surface area contributed by atoms with Gasteiger partial charge in [0.15, 0.2) is 5.76 Å². The van der Waals surface area contributed by atoms with Gasteiger partial charge in [-0.1, -0.05) is 11.6 Å². The summed E-state index contributed by atoms with van der Waals surface area (Å²) in [5.41, 5.74) is 2.48. The maximum absolute atomic E-state index is 13.0. The minimum atomic E-state index is -0.445. The molecule has 3 aromatic rings. The number of halogens is 1. The maximum atomic E-state index is 13.0. The summed E-state index contributed by atoms with van der Waals surface area (Å²) in [6.45, 7) is 4.57. The lowest BCUT2D eigenvalue weighted by atomic mass is 10.1. The Labute approximate surface area is 190 Å². The molecule has 0 saturated carbocycles.